The maximum atomic E-state index is 12.8. The minimum Gasteiger partial charge on any atom is -0.496 e. The highest BCUT2D eigenvalue weighted by molar-refractivity contribution is 6.08. The lowest BCUT2D eigenvalue weighted by molar-refractivity contribution is -0.153. The van der Waals surface area contributed by atoms with Crippen LogP contribution < -0.4 is 10.1 Å². The third kappa shape index (κ3) is 3.65. The molecular weight excluding hydrogens is 338 g/mol. The van der Waals surface area contributed by atoms with Crippen LogP contribution in [0.15, 0.2) is 29.3 Å². The van der Waals surface area contributed by atoms with Crippen LogP contribution in [-0.4, -0.2) is 62.8 Å². The van der Waals surface area contributed by atoms with Crippen LogP contribution in [0.4, 0.5) is 0 Å². The zero-order valence-corrected chi connectivity index (χ0v) is 14.9. The number of para-hydroxylation sites is 1. The summed E-state index contributed by atoms with van der Waals surface area (Å²) < 4.78 is 15.9. The van der Waals surface area contributed by atoms with Crippen molar-refractivity contribution in [1.82, 2.24) is 10.2 Å². The molecule has 0 aromatic heterocycles. The smallest absolute Gasteiger partial charge is 0.321 e. The predicted octanol–water partition coefficient (Wildman–Crippen LogP) is 0.734. The highest BCUT2D eigenvalue weighted by Gasteiger charge is 2.43. The Balaban J connectivity index is 2.01. The number of morpholine rings is 1. The molecule has 1 aromatic rings. The summed E-state index contributed by atoms with van der Waals surface area (Å²) in [6.45, 7) is 4.29. The maximum Gasteiger partial charge on any atom is 0.321 e. The Kier molecular flexibility index (Phi) is 5.72. The standard InChI is InChI=1S/C18H23N3O5/c1-3-26-17(23)14-15(12-6-4-5-7-13(12)24-2)19-18(20-16(14)22)21-8-10-25-11-9-21/h4-7,14-15H,3,8-11H2,1-2H3,(H,19,20,22)/t14-,15-/m0/s1. The van der Waals surface area contributed by atoms with E-state index in [0.29, 0.717) is 43.6 Å². The number of ether oxygens (including phenoxy) is 3. The van der Waals surface area contributed by atoms with Crippen LogP contribution >= 0.6 is 0 Å². The van der Waals surface area contributed by atoms with Gasteiger partial charge >= 0.3 is 5.97 Å². The first-order valence-electron chi connectivity index (χ1n) is 8.66. The topological polar surface area (TPSA) is 89.5 Å². The molecule has 0 aliphatic carbocycles. The van der Waals surface area contributed by atoms with Crippen LogP contribution in [0, 0.1) is 5.92 Å². The van der Waals surface area contributed by atoms with Gasteiger partial charge in [-0.1, -0.05) is 18.2 Å². The largest absolute Gasteiger partial charge is 0.496 e. The highest BCUT2D eigenvalue weighted by Crippen LogP contribution is 2.36. The second kappa shape index (κ2) is 8.18. The molecule has 140 valence electrons. The molecule has 8 nitrogen and oxygen atoms in total. The summed E-state index contributed by atoms with van der Waals surface area (Å²) in [5.74, 6) is -1.04. The fourth-order valence-corrected chi connectivity index (χ4v) is 3.13. The molecule has 3 rings (SSSR count). The molecule has 0 bridgehead atoms. The van der Waals surface area contributed by atoms with Crippen molar-refractivity contribution in [1.29, 1.82) is 0 Å². The summed E-state index contributed by atoms with van der Waals surface area (Å²) in [7, 11) is 1.55. The number of nitrogens with zero attached hydrogens (tertiary/aromatic N) is 2. The molecular formula is C18H23N3O5. The average molecular weight is 361 g/mol. The van der Waals surface area contributed by atoms with Gasteiger partial charge in [-0.25, -0.2) is 4.99 Å². The van der Waals surface area contributed by atoms with E-state index in [1.165, 1.54) is 0 Å². The number of carbonyl (C=O) groups is 2. The Labute approximate surface area is 152 Å². The molecule has 1 fully saturated rings. The number of nitrogens with one attached hydrogen (secondary N) is 1. The first-order valence-corrected chi connectivity index (χ1v) is 8.66. The number of rotatable bonds is 4. The van der Waals surface area contributed by atoms with Gasteiger partial charge in [0.1, 0.15) is 11.8 Å². The molecule has 1 aromatic carbocycles. The Morgan fingerprint density at radius 3 is 2.77 bits per heavy atom. The zero-order chi connectivity index (χ0) is 18.5. The number of carbonyl (C=O) groups excluding carboxylic acids is 2. The number of amides is 1. The van der Waals surface area contributed by atoms with Crippen molar-refractivity contribution in [2.24, 2.45) is 10.9 Å². The van der Waals surface area contributed by atoms with Crippen molar-refractivity contribution in [2.75, 3.05) is 40.0 Å². The highest BCUT2D eigenvalue weighted by atomic mass is 16.5. The lowest BCUT2D eigenvalue weighted by atomic mass is 9.90. The van der Waals surface area contributed by atoms with Gasteiger partial charge in [-0.05, 0) is 13.0 Å². The number of methoxy groups -OCH3 is 1. The van der Waals surface area contributed by atoms with Crippen molar-refractivity contribution in [3.05, 3.63) is 29.8 Å². The van der Waals surface area contributed by atoms with E-state index in [1.54, 1.807) is 20.1 Å². The van der Waals surface area contributed by atoms with Gasteiger partial charge in [0, 0.05) is 18.7 Å². The summed E-state index contributed by atoms with van der Waals surface area (Å²) in [5.41, 5.74) is 0.675. The Morgan fingerprint density at radius 1 is 1.35 bits per heavy atom. The van der Waals surface area contributed by atoms with Crippen LogP contribution in [0.3, 0.4) is 0 Å². The van der Waals surface area contributed by atoms with Crippen LogP contribution in [0.2, 0.25) is 0 Å². The molecule has 0 radical (unpaired) electrons. The quantitative estimate of drug-likeness (QED) is 0.628. The summed E-state index contributed by atoms with van der Waals surface area (Å²) in [5, 5.41) is 2.75. The fourth-order valence-electron chi connectivity index (χ4n) is 3.13. The van der Waals surface area contributed by atoms with Gasteiger partial charge < -0.3 is 19.1 Å². The summed E-state index contributed by atoms with van der Waals surface area (Å²) in [6, 6.07) is 6.55. The van der Waals surface area contributed by atoms with Crippen molar-refractivity contribution >= 4 is 17.8 Å². The first-order chi connectivity index (χ1) is 12.7. The van der Waals surface area contributed by atoms with E-state index in [-0.39, 0.29) is 6.61 Å². The molecule has 2 atom stereocenters. The molecule has 1 amide bonds. The molecule has 0 saturated carbocycles. The van der Waals surface area contributed by atoms with Gasteiger partial charge in [-0.15, -0.1) is 0 Å². The number of benzene rings is 1. The summed E-state index contributed by atoms with van der Waals surface area (Å²) in [6.07, 6.45) is 0. The van der Waals surface area contributed by atoms with Crippen molar-refractivity contribution in [3.63, 3.8) is 0 Å². The minimum atomic E-state index is -1.06. The van der Waals surface area contributed by atoms with Crippen molar-refractivity contribution in [3.8, 4) is 5.75 Å². The van der Waals surface area contributed by atoms with E-state index in [2.05, 4.69) is 5.32 Å². The minimum absolute atomic E-state index is 0.196. The molecule has 2 aliphatic rings. The van der Waals surface area contributed by atoms with Gasteiger partial charge in [0.05, 0.1) is 26.9 Å². The Morgan fingerprint density at radius 2 is 2.08 bits per heavy atom. The molecule has 0 spiro atoms. The van der Waals surface area contributed by atoms with E-state index in [9.17, 15) is 9.59 Å². The van der Waals surface area contributed by atoms with Crippen LogP contribution in [-0.2, 0) is 19.1 Å². The third-order valence-corrected chi connectivity index (χ3v) is 4.40. The predicted molar refractivity (Wildman–Crippen MR) is 93.8 cm³/mol. The molecule has 0 unspecified atom stereocenters. The van der Waals surface area contributed by atoms with Crippen molar-refractivity contribution in [2.45, 2.75) is 13.0 Å². The number of guanidine groups is 1. The number of aliphatic imine (C=N–C) groups is 1. The van der Waals surface area contributed by atoms with Crippen LogP contribution in [0.1, 0.15) is 18.5 Å². The van der Waals surface area contributed by atoms with E-state index in [1.807, 2.05) is 23.1 Å². The number of esters is 1. The first kappa shape index (κ1) is 18.2. The SMILES string of the molecule is CCOC(=O)[C@@H]1C(=O)NC(N2CCOCC2)=N[C@H]1c1ccccc1OC. The van der Waals surface area contributed by atoms with E-state index >= 15 is 0 Å². The molecule has 26 heavy (non-hydrogen) atoms. The monoisotopic (exact) mass is 361 g/mol. The molecule has 8 heteroatoms. The number of hydrogen-bond acceptors (Lipinski definition) is 7. The normalized spacial score (nSPS) is 23.1. The molecule has 1 N–H and O–H groups in total. The van der Waals surface area contributed by atoms with Gasteiger partial charge in [0.2, 0.25) is 11.9 Å². The second-order valence-corrected chi connectivity index (χ2v) is 5.96. The zero-order valence-electron chi connectivity index (χ0n) is 14.9. The van der Waals surface area contributed by atoms with Gasteiger partial charge in [0.15, 0.2) is 5.92 Å². The van der Waals surface area contributed by atoms with E-state index in [0.717, 1.165) is 0 Å². The summed E-state index contributed by atoms with van der Waals surface area (Å²) in [4.78, 5) is 31.8. The molecule has 2 heterocycles. The lowest BCUT2D eigenvalue weighted by Gasteiger charge is -2.35. The Hall–Kier alpha value is -2.61. The third-order valence-electron chi connectivity index (χ3n) is 4.40. The fraction of sp³-hybridized carbons (Fsp3) is 0.500. The van der Waals surface area contributed by atoms with E-state index in [4.69, 9.17) is 19.2 Å². The van der Waals surface area contributed by atoms with Gasteiger partial charge in [-0.3, -0.25) is 14.9 Å². The lowest BCUT2D eigenvalue weighted by Crippen LogP contribution is -2.55. The van der Waals surface area contributed by atoms with Gasteiger partial charge in [-0.2, -0.15) is 0 Å². The van der Waals surface area contributed by atoms with Crippen LogP contribution in [0.5, 0.6) is 5.75 Å². The van der Waals surface area contributed by atoms with Crippen molar-refractivity contribution < 1.29 is 23.8 Å². The summed E-state index contributed by atoms with van der Waals surface area (Å²) >= 11 is 0. The van der Waals surface area contributed by atoms with Gasteiger partial charge in [0.25, 0.3) is 0 Å². The average Bonchev–Trinajstić information content (AvgIpc) is 2.68. The molecule has 1 saturated heterocycles. The van der Waals surface area contributed by atoms with Crippen LogP contribution in [0.25, 0.3) is 0 Å². The Bertz CT molecular complexity index is 700. The second-order valence-electron chi connectivity index (χ2n) is 5.96. The maximum absolute atomic E-state index is 12.8. The van der Waals surface area contributed by atoms with E-state index < -0.39 is 23.8 Å². The molecule has 2 aliphatic heterocycles. The number of hydrogen-bond donors (Lipinski definition) is 1.